The Labute approximate surface area is 244 Å². The first-order valence-electron chi connectivity index (χ1n) is 14.8. The summed E-state index contributed by atoms with van der Waals surface area (Å²) in [5.74, 6) is -0.0713. The van der Waals surface area contributed by atoms with E-state index in [9.17, 15) is 9.59 Å². The Morgan fingerprint density at radius 3 is 2.36 bits per heavy atom. The van der Waals surface area contributed by atoms with Crippen LogP contribution in [0.2, 0.25) is 0 Å². The van der Waals surface area contributed by atoms with Crippen molar-refractivity contribution in [2.75, 3.05) is 19.6 Å². The van der Waals surface area contributed by atoms with E-state index in [1.165, 1.54) is 19.3 Å². The Bertz CT molecular complexity index is 1810. The molecule has 0 saturated carbocycles. The first-order chi connectivity index (χ1) is 20.7. The van der Waals surface area contributed by atoms with Gasteiger partial charge in [0.15, 0.2) is 0 Å². The molecule has 2 aliphatic rings. The van der Waals surface area contributed by atoms with Crippen LogP contribution in [0.15, 0.2) is 85.2 Å². The molecule has 3 aromatic carbocycles. The zero-order chi connectivity index (χ0) is 28.5. The lowest BCUT2D eigenvalue weighted by molar-refractivity contribution is -0.122. The number of aromatic nitrogens is 2. The average Bonchev–Trinajstić information content (AvgIpc) is 3.70. The fourth-order valence-corrected chi connectivity index (χ4v) is 6.44. The Kier molecular flexibility index (Phi) is 7.10. The fourth-order valence-electron chi connectivity index (χ4n) is 6.44. The number of para-hydroxylation sites is 1. The Morgan fingerprint density at radius 1 is 0.762 bits per heavy atom. The third-order valence-corrected chi connectivity index (χ3v) is 8.49. The van der Waals surface area contributed by atoms with E-state index in [0.717, 1.165) is 71.1 Å². The molecule has 5 aromatic rings. The number of fused-ring (bicyclic) bond motifs is 2. The van der Waals surface area contributed by atoms with Crippen LogP contribution in [0.25, 0.3) is 33.0 Å². The van der Waals surface area contributed by atoms with Crippen LogP contribution in [0, 0.1) is 0 Å². The molecule has 2 amide bonds. The highest BCUT2D eigenvalue weighted by atomic mass is 16.5. The Morgan fingerprint density at radius 2 is 1.52 bits per heavy atom. The van der Waals surface area contributed by atoms with Gasteiger partial charge < -0.3 is 19.2 Å². The van der Waals surface area contributed by atoms with Gasteiger partial charge in [0, 0.05) is 46.4 Å². The highest BCUT2D eigenvalue weighted by Gasteiger charge is 2.35. The smallest absolute Gasteiger partial charge is 0.259 e. The number of amides is 2. The maximum absolute atomic E-state index is 13.5. The van der Waals surface area contributed by atoms with E-state index in [-0.39, 0.29) is 11.8 Å². The predicted molar refractivity (Wildman–Crippen MR) is 166 cm³/mol. The second kappa shape index (κ2) is 11.3. The van der Waals surface area contributed by atoms with Gasteiger partial charge in [-0.1, -0.05) is 61.0 Å². The minimum Gasteiger partial charge on any atom is -0.488 e. The largest absolute Gasteiger partial charge is 0.488 e. The lowest BCUT2D eigenvalue weighted by atomic mass is 9.95. The summed E-state index contributed by atoms with van der Waals surface area (Å²) in [5.41, 5.74) is 5.19. The van der Waals surface area contributed by atoms with Gasteiger partial charge in [0.05, 0.1) is 16.7 Å². The molecule has 0 spiro atoms. The molecule has 0 bridgehead atoms. The van der Waals surface area contributed by atoms with Gasteiger partial charge in [-0.2, -0.15) is 0 Å². The normalized spacial score (nSPS) is 16.1. The molecule has 4 heterocycles. The van der Waals surface area contributed by atoms with Gasteiger partial charge >= 0.3 is 0 Å². The number of ether oxygens (including phenoxy) is 1. The third-order valence-electron chi connectivity index (χ3n) is 8.49. The van der Waals surface area contributed by atoms with Crippen molar-refractivity contribution < 1.29 is 14.3 Å². The van der Waals surface area contributed by atoms with Gasteiger partial charge in [-0.3, -0.25) is 14.9 Å². The molecule has 2 aliphatic heterocycles. The summed E-state index contributed by atoms with van der Waals surface area (Å²) in [7, 11) is 0. The van der Waals surface area contributed by atoms with Gasteiger partial charge in [0.25, 0.3) is 11.8 Å². The van der Waals surface area contributed by atoms with Gasteiger partial charge in [0.1, 0.15) is 12.4 Å². The van der Waals surface area contributed by atoms with Crippen LogP contribution in [-0.4, -0.2) is 45.9 Å². The van der Waals surface area contributed by atoms with E-state index < -0.39 is 0 Å². The molecule has 7 heteroatoms. The van der Waals surface area contributed by atoms with Crippen molar-refractivity contribution in [3.05, 3.63) is 102 Å². The highest BCUT2D eigenvalue weighted by molar-refractivity contribution is 6.51. The van der Waals surface area contributed by atoms with Crippen molar-refractivity contribution in [2.45, 2.75) is 38.8 Å². The number of aromatic amines is 1. The molecule has 1 fully saturated rings. The number of hydrogen-bond donors (Lipinski definition) is 2. The van der Waals surface area contributed by atoms with Crippen LogP contribution in [0.5, 0.6) is 5.75 Å². The van der Waals surface area contributed by atoms with Gasteiger partial charge in [-0.25, -0.2) is 0 Å². The van der Waals surface area contributed by atoms with Crippen molar-refractivity contribution in [1.29, 1.82) is 0 Å². The Balaban J connectivity index is 1.34. The summed E-state index contributed by atoms with van der Waals surface area (Å²) in [6, 6.07) is 23.9. The summed E-state index contributed by atoms with van der Waals surface area (Å²) in [5, 5.41) is 4.34. The monoisotopic (exact) mass is 558 g/mol. The molecule has 7 nitrogen and oxygen atoms in total. The van der Waals surface area contributed by atoms with Crippen molar-refractivity contribution in [3.8, 4) is 5.75 Å². The number of likely N-dealkylation sites (tertiary alicyclic amines) is 1. The van der Waals surface area contributed by atoms with Crippen molar-refractivity contribution >= 4 is 44.8 Å². The van der Waals surface area contributed by atoms with E-state index in [4.69, 9.17) is 4.74 Å². The molecule has 0 radical (unpaired) electrons. The number of carbonyl (C=O) groups excluding carboxylic acids is 2. The third kappa shape index (κ3) is 4.90. The zero-order valence-corrected chi connectivity index (χ0v) is 23.6. The summed E-state index contributed by atoms with van der Waals surface area (Å²) in [6.07, 6.45) is 8.72. The summed E-state index contributed by atoms with van der Waals surface area (Å²) >= 11 is 0. The summed E-state index contributed by atoms with van der Waals surface area (Å²) in [6.45, 7) is 4.58. The lowest BCUT2D eigenvalue weighted by Gasteiger charge is -2.26. The first-order valence-corrected chi connectivity index (χ1v) is 14.8. The highest BCUT2D eigenvalue weighted by Crippen LogP contribution is 2.41. The van der Waals surface area contributed by atoms with Crippen LogP contribution in [0.1, 0.15) is 42.4 Å². The number of H-pyrrole nitrogens is 1. The second-order valence-electron chi connectivity index (χ2n) is 11.2. The number of rotatable bonds is 9. The number of hydrogen-bond acceptors (Lipinski definition) is 4. The van der Waals surface area contributed by atoms with E-state index in [2.05, 4.69) is 25.8 Å². The van der Waals surface area contributed by atoms with Crippen LogP contribution in [0.3, 0.4) is 0 Å². The molecule has 7 rings (SSSR count). The van der Waals surface area contributed by atoms with E-state index in [0.29, 0.717) is 23.5 Å². The van der Waals surface area contributed by atoms with E-state index in [1.807, 2.05) is 79.1 Å². The van der Waals surface area contributed by atoms with Crippen LogP contribution in [0.4, 0.5) is 0 Å². The number of nitrogens with zero attached hydrogens (tertiary/aromatic N) is 2. The van der Waals surface area contributed by atoms with E-state index in [1.54, 1.807) is 0 Å². The maximum Gasteiger partial charge on any atom is 0.259 e. The minimum atomic E-state index is -0.384. The molecular weight excluding hydrogens is 524 g/mol. The number of aryl methyl sites for hydroxylation is 1. The van der Waals surface area contributed by atoms with Gasteiger partial charge in [0.2, 0.25) is 0 Å². The molecule has 2 aromatic heterocycles. The molecule has 42 heavy (non-hydrogen) atoms. The molecular formula is C35H34N4O3. The number of imide groups is 1. The SMILES string of the molecule is O=C1NC(=O)C(c2cn(CCCN3CCCCC3)c3cccc(OCc4ccccc4)c23)=C1c1c[nH]c2ccccc12. The predicted octanol–water partition coefficient (Wildman–Crippen LogP) is 6.14. The molecule has 2 N–H and O–H groups in total. The van der Waals surface area contributed by atoms with Crippen molar-refractivity contribution in [3.63, 3.8) is 0 Å². The number of benzene rings is 3. The van der Waals surface area contributed by atoms with Gasteiger partial charge in [-0.05, 0) is 62.7 Å². The zero-order valence-electron chi connectivity index (χ0n) is 23.6. The Hall–Kier alpha value is -4.62. The molecule has 0 aliphatic carbocycles. The molecule has 0 atom stereocenters. The minimum absolute atomic E-state index is 0.381. The van der Waals surface area contributed by atoms with Crippen LogP contribution >= 0.6 is 0 Å². The molecule has 212 valence electrons. The number of nitrogens with one attached hydrogen (secondary N) is 2. The number of piperidine rings is 1. The quantitative estimate of drug-likeness (QED) is 0.213. The second-order valence-corrected chi connectivity index (χ2v) is 11.2. The summed E-state index contributed by atoms with van der Waals surface area (Å²) < 4.78 is 8.63. The fraction of sp³-hybridized carbons (Fsp3) is 0.257. The van der Waals surface area contributed by atoms with Crippen molar-refractivity contribution in [2.24, 2.45) is 0 Å². The topological polar surface area (TPSA) is 79.4 Å². The van der Waals surface area contributed by atoms with Crippen LogP contribution < -0.4 is 10.1 Å². The molecule has 0 unspecified atom stereocenters. The lowest BCUT2D eigenvalue weighted by Crippen LogP contribution is -2.31. The first kappa shape index (κ1) is 26.3. The van der Waals surface area contributed by atoms with Gasteiger partial charge in [-0.15, -0.1) is 0 Å². The summed E-state index contributed by atoms with van der Waals surface area (Å²) in [4.78, 5) is 32.7. The molecule has 1 saturated heterocycles. The van der Waals surface area contributed by atoms with Crippen LogP contribution in [-0.2, 0) is 22.7 Å². The maximum atomic E-state index is 13.5. The average molecular weight is 559 g/mol. The van der Waals surface area contributed by atoms with Crippen molar-refractivity contribution in [1.82, 2.24) is 19.8 Å². The van der Waals surface area contributed by atoms with E-state index >= 15 is 0 Å². The number of carbonyl (C=O) groups is 2. The standard InChI is InChI=1S/C35H34N4O3/c40-34-32(26-21-36-28-14-6-5-13-25(26)28)33(35(41)37-34)27-22-39(20-10-19-38-17-7-2-8-18-38)29-15-9-16-30(31(27)29)42-23-24-11-3-1-4-12-24/h1,3-6,9,11-16,21-22,36H,2,7-8,10,17-20,23H2,(H,37,40,41).